The van der Waals surface area contributed by atoms with Crippen LogP contribution in [0, 0.1) is 0 Å². The average molecular weight is 362 g/mol. The highest BCUT2D eigenvalue weighted by Gasteiger charge is 2.03. The minimum Gasteiger partial charge on any atom is -0.504 e. The normalized spacial score (nSPS) is 11.4. The lowest BCUT2D eigenvalue weighted by molar-refractivity contribution is -0.118. The Morgan fingerprint density at radius 2 is 1.88 bits per heavy atom. The zero-order chi connectivity index (χ0) is 19.4. The van der Waals surface area contributed by atoms with Crippen molar-refractivity contribution in [2.75, 3.05) is 26.8 Å². The van der Waals surface area contributed by atoms with E-state index >= 15 is 0 Å². The summed E-state index contributed by atoms with van der Waals surface area (Å²) in [7, 11) is 1.47. The van der Waals surface area contributed by atoms with E-state index in [1.54, 1.807) is 25.1 Å². The number of phenols is 1. The van der Waals surface area contributed by atoms with Gasteiger partial charge >= 0.3 is 0 Å². The maximum absolute atomic E-state index is 11.7. The van der Waals surface area contributed by atoms with E-state index in [0.29, 0.717) is 30.0 Å². The van der Waals surface area contributed by atoms with Gasteiger partial charge in [0.05, 0.1) is 13.7 Å². The first kappa shape index (κ1) is 21.2. The number of methoxy groups -OCH3 is 1. The van der Waals surface area contributed by atoms with Crippen molar-refractivity contribution < 1.29 is 24.5 Å². The molecule has 1 aromatic rings. The summed E-state index contributed by atoms with van der Waals surface area (Å²) in [6.07, 6.45) is 5.90. The number of aliphatic hydroxyl groups is 1. The first-order valence-electron chi connectivity index (χ1n) is 8.36. The Bertz CT molecular complexity index is 668. The van der Waals surface area contributed by atoms with Gasteiger partial charge in [-0.3, -0.25) is 9.59 Å². The van der Waals surface area contributed by atoms with E-state index in [4.69, 9.17) is 9.84 Å². The second kappa shape index (κ2) is 11.7. The van der Waals surface area contributed by atoms with Crippen LogP contribution >= 0.6 is 0 Å². The van der Waals surface area contributed by atoms with Crippen LogP contribution in [0.1, 0.15) is 25.3 Å². The summed E-state index contributed by atoms with van der Waals surface area (Å²) in [5.41, 5.74) is 1.17. The number of ether oxygens (including phenoxy) is 1. The highest BCUT2D eigenvalue weighted by molar-refractivity contribution is 5.92. The number of carbonyl (C=O) groups is 2. The number of unbranched alkanes of at least 4 members (excludes halogenated alkanes) is 1. The van der Waals surface area contributed by atoms with Crippen molar-refractivity contribution in [1.29, 1.82) is 0 Å². The highest BCUT2D eigenvalue weighted by Crippen LogP contribution is 2.26. The summed E-state index contributed by atoms with van der Waals surface area (Å²) in [6, 6.07) is 4.87. The van der Waals surface area contributed by atoms with E-state index in [2.05, 4.69) is 10.6 Å². The second-order valence-electron chi connectivity index (χ2n) is 5.59. The van der Waals surface area contributed by atoms with Gasteiger partial charge in [0.1, 0.15) is 0 Å². The molecule has 0 saturated carbocycles. The van der Waals surface area contributed by atoms with Crippen LogP contribution in [0.15, 0.2) is 35.9 Å². The third kappa shape index (κ3) is 7.85. The van der Waals surface area contributed by atoms with Gasteiger partial charge in [-0.05, 0) is 43.5 Å². The van der Waals surface area contributed by atoms with Gasteiger partial charge < -0.3 is 25.6 Å². The van der Waals surface area contributed by atoms with E-state index in [0.717, 1.165) is 12.8 Å². The molecule has 26 heavy (non-hydrogen) atoms. The van der Waals surface area contributed by atoms with Gasteiger partial charge in [-0.2, -0.15) is 0 Å². The molecule has 0 fully saturated rings. The van der Waals surface area contributed by atoms with Crippen molar-refractivity contribution in [2.24, 2.45) is 0 Å². The number of amides is 2. The predicted octanol–water partition coefficient (Wildman–Crippen LogP) is 1.37. The van der Waals surface area contributed by atoms with Crippen LogP contribution < -0.4 is 15.4 Å². The van der Waals surface area contributed by atoms with Gasteiger partial charge in [-0.1, -0.05) is 12.1 Å². The molecule has 0 aliphatic rings. The lowest BCUT2D eigenvalue weighted by Gasteiger charge is -2.06. The summed E-state index contributed by atoms with van der Waals surface area (Å²) in [5.74, 6) is -0.0401. The van der Waals surface area contributed by atoms with Gasteiger partial charge in [0.25, 0.3) is 0 Å². The van der Waals surface area contributed by atoms with Crippen LogP contribution in [0.5, 0.6) is 11.5 Å². The van der Waals surface area contributed by atoms with E-state index in [9.17, 15) is 14.7 Å². The number of aromatic hydroxyl groups is 1. The third-order valence-corrected chi connectivity index (χ3v) is 3.57. The molecule has 1 rings (SSSR count). The Hall–Kier alpha value is -2.80. The topological polar surface area (TPSA) is 108 Å². The standard InChI is InChI=1S/C19H26N2O5/c1-14(9-12-22)19(25)21-11-4-3-10-20-18(24)8-6-15-5-7-17(26-2)16(23)13-15/h5-9,13,22-23H,3-4,10-12H2,1-2H3,(H,20,24)(H,21,25)/b8-6+,14-9+. The van der Waals surface area contributed by atoms with Gasteiger partial charge in [-0.25, -0.2) is 0 Å². The molecule has 0 atom stereocenters. The molecule has 142 valence electrons. The molecule has 0 aromatic heterocycles. The molecule has 7 nitrogen and oxygen atoms in total. The average Bonchev–Trinajstić information content (AvgIpc) is 2.62. The molecule has 0 unspecified atom stereocenters. The summed E-state index contributed by atoms with van der Waals surface area (Å²) in [4.78, 5) is 23.3. The van der Waals surface area contributed by atoms with E-state index in [1.807, 2.05) is 0 Å². The lowest BCUT2D eigenvalue weighted by Crippen LogP contribution is -2.27. The quantitative estimate of drug-likeness (QED) is 0.371. The van der Waals surface area contributed by atoms with Crippen LogP contribution in [0.25, 0.3) is 6.08 Å². The van der Waals surface area contributed by atoms with E-state index in [-0.39, 0.29) is 24.2 Å². The van der Waals surface area contributed by atoms with Crippen molar-refractivity contribution in [3.8, 4) is 11.5 Å². The molecule has 0 aliphatic heterocycles. The van der Waals surface area contributed by atoms with Gasteiger partial charge in [0.15, 0.2) is 11.5 Å². The van der Waals surface area contributed by atoms with Crippen molar-refractivity contribution in [3.63, 3.8) is 0 Å². The SMILES string of the molecule is COc1ccc(/C=C/C(=O)NCCCCNC(=O)/C(C)=C/CO)cc1O. The van der Waals surface area contributed by atoms with Crippen molar-refractivity contribution in [2.45, 2.75) is 19.8 Å². The fourth-order valence-electron chi connectivity index (χ4n) is 2.07. The monoisotopic (exact) mass is 362 g/mol. The number of benzene rings is 1. The maximum atomic E-state index is 11.7. The number of phenolic OH excluding ortho intramolecular Hbond substituents is 1. The minimum atomic E-state index is -0.230. The summed E-state index contributed by atoms with van der Waals surface area (Å²) >= 11 is 0. The number of hydrogen-bond acceptors (Lipinski definition) is 5. The van der Waals surface area contributed by atoms with Crippen molar-refractivity contribution in [1.82, 2.24) is 10.6 Å². The summed E-state index contributed by atoms with van der Waals surface area (Å²) in [6.45, 7) is 2.49. The van der Waals surface area contributed by atoms with Crippen LogP contribution in [-0.2, 0) is 9.59 Å². The number of carbonyl (C=O) groups excluding carboxylic acids is 2. The fourth-order valence-corrected chi connectivity index (χ4v) is 2.07. The molecule has 0 aliphatic carbocycles. The maximum Gasteiger partial charge on any atom is 0.246 e. The molecule has 0 spiro atoms. The molecular weight excluding hydrogens is 336 g/mol. The molecular formula is C19H26N2O5. The highest BCUT2D eigenvalue weighted by atomic mass is 16.5. The second-order valence-corrected chi connectivity index (χ2v) is 5.59. The molecule has 2 amide bonds. The molecule has 4 N–H and O–H groups in total. The number of aliphatic hydroxyl groups excluding tert-OH is 1. The van der Waals surface area contributed by atoms with Crippen molar-refractivity contribution >= 4 is 17.9 Å². The predicted molar refractivity (Wildman–Crippen MR) is 99.8 cm³/mol. The molecule has 0 bridgehead atoms. The lowest BCUT2D eigenvalue weighted by atomic mass is 10.2. The summed E-state index contributed by atoms with van der Waals surface area (Å²) < 4.78 is 4.96. The van der Waals surface area contributed by atoms with Gasteiger partial charge in [0, 0.05) is 24.7 Å². The Morgan fingerprint density at radius 1 is 1.19 bits per heavy atom. The Kier molecular flexibility index (Phi) is 9.56. The Morgan fingerprint density at radius 3 is 2.50 bits per heavy atom. The van der Waals surface area contributed by atoms with Crippen LogP contribution in [0.3, 0.4) is 0 Å². The van der Waals surface area contributed by atoms with E-state index in [1.165, 1.54) is 25.3 Å². The van der Waals surface area contributed by atoms with Crippen molar-refractivity contribution in [3.05, 3.63) is 41.5 Å². The zero-order valence-electron chi connectivity index (χ0n) is 15.1. The fraction of sp³-hybridized carbons (Fsp3) is 0.368. The van der Waals surface area contributed by atoms with Crippen LogP contribution in [0.2, 0.25) is 0 Å². The molecule has 0 saturated heterocycles. The molecule has 7 heteroatoms. The molecule has 0 heterocycles. The smallest absolute Gasteiger partial charge is 0.246 e. The first-order valence-corrected chi connectivity index (χ1v) is 8.36. The number of rotatable bonds is 10. The first-order chi connectivity index (χ1) is 12.5. The van der Waals surface area contributed by atoms with E-state index < -0.39 is 0 Å². The van der Waals surface area contributed by atoms with Gasteiger partial charge in [0.2, 0.25) is 11.8 Å². The van der Waals surface area contributed by atoms with Gasteiger partial charge in [-0.15, -0.1) is 0 Å². The third-order valence-electron chi connectivity index (χ3n) is 3.57. The van der Waals surface area contributed by atoms with Crippen LogP contribution in [-0.4, -0.2) is 48.8 Å². The Labute approximate surface area is 153 Å². The number of hydrogen-bond donors (Lipinski definition) is 4. The largest absolute Gasteiger partial charge is 0.504 e. The minimum absolute atomic E-state index is 0.0150. The molecule has 0 radical (unpaired) electrons. The zero-order valence-corrected chi connectivity index (χ0v) is 15.1. The number of nitrogens with one attached hydrogen (secondary N) is 2. The molecule has 1 aromatic carbocycles. The Balaban J connectivity index is 2.23. The summed E-state index contributed by atoms with van der Waals surface area (Å²) in [5, 5.41) is 23.9. The van der Waals surface area contributed by atoms with Crippen LogP contribution in [0.4, 0.5) is 0 Å².